The molecule has 0 bridgehead atoms. The zero-order chi connectivity index (χ0) is 22.8. The van der Waals surface area contributed by atoms with Gasteiger partial charge in [-0.3, -0.25) is 24.5 Å². The van der Waals surface area contributed by atoms with E-state index in [0.717, 1.165) is 4.90 Å². The predicted octanol–water partition coefficient (Wildman–Crippen LogP) is 4.70. The van der Waals surface area contributed by atoms with E-state index in [1.807, 2.05) is 0 Å². The van der Waals surface area contributed by atoms with Gasteiger partial charge in [-0.2, -0.15) is 0 Å². The Morgan fingerprint density at radius 1 is 0.969 bits per heavy atom. The third kappa shape index (κ3) is 3.99. The standard InChI is InChI=1S/C23H14ClN3O5/c24-19-13-15(25-21(28)12-7-14-5-9-16(10-6-14)27(31)32)8-11-20(19)26-22(29)17-3-1-2-4-18(17)23(26)30/h1-13H,(H,25,28). The second-order valence-corrected chi connectivity index (χ2v) is 7.24. The van der Waals surface area contributed by atoms with Gasteiger partial charge in [-0.15, -0.1) is 0 Å². The molecule has 0 unspecified atom stereocenters. The number of nitrogens with one attached hydrogen (secondary N) is 1. The molecule has 0 fully saturated rings. The Balaban J connectivity index is 1.47. The van der Waals surface area contributed by atoms with Gasteiger partial charge in [0.2, 0.25) is 5.91 Å². The first kappa shape index (κ1) is 21.0. The van der Waals surface area contributed by atoms with E-state index in [-0.39, 0.29) is 16.4 Å². The van der Waals surface area contributed by atoms with Crippen molar-refractivity contribution in [1.29, 1.82) is 0 Å². The molecule has 9 heteroatoms. The molecule has 0 atom stereocenters. The lowest BCUT2D eigenvalue weighted by Crippen LogP contribution is -2.29. The van der Waals surface area contributed by atoms with Gasteiger partial charge >= 0.3 is 0 Å². The van der Waals surface area contributed by atoms with Gasteiger partial charge in [-0.25, -0.2) is 4.90 Å². The highest BCUT2D eigenvalue weighted by Gasteiger charge is 2.37. The summed E-state index contributed by atoms with van der Waals surface area (Å²) in [5, 5.41) is 13.4. The molecule has 8 nitrogen and oxygen atoms in total. The fourth-order valence-corrected chi connectivity index (χ4v) is 3.50. The number of carbonyl (C=O) groups excluding carboxylic acids is 3. The summed E-state index contributed by atoms with van der Waals surface area (Å²) in [4.78, 5) is 48.6. The molecule has 1 heterocycles. The van der Waals surface area contributed by atoms with E-state index >= 15 is 0 Å². The van der Waals surface area contributed by atoms with Crippen molar-refractivity contribution in [2.45, 2.75) is 0 Å². The second-order valence-electron chi connectivity index (χ2n) is 6.83. The van der Waals surface area contributed by atoms with Gasteiger partial charge in [0.15, 0.2) is 0 Å². The Labute approximate surface area is 186 Å². The van der Waals surface area contributed by atoms with Gasteiger partial charge < -0.3 is 5.32 Å². The average Bonchev–Trinajstić information content (AvgIpc) is 3.03. The lowest BCUT2D eigenvalue weighted by molar-refractivity contribution is -0.384. The number of halogens is 1. The summed E-state index contributed by atoms with van der Waals surface area (Å²) < 4.78 is 0. The lowest BCUT2D eigenvalue weighted by atomic mass is 10.1. The van der Waals surface area contributed by atoms with Crippen molar-refractivity contribution in [3.05, 3.63) is 105 Å². The highest BCUT2D eigenvalue weighted by atomic mass is 35.5. The summed E-state index contributed by atoms with van der Waals surface area (Å²) in [5.74, 6) is -1.38. The van der Waals surface area contributed by atoms with Gasteiger partial charge in [0.05, 0.1) is 26.8 Å². The van der Waals surface area contributed by atoms with Crippen molar-refractivity contribution in [2.24, 2.45) is 0 Å². The molecule has 0 radical (unpaired) electrons. The van der Waals surface area contributed by atoms with E-state index in [1.54, 1.807) is 24.3 Å². The van der Waals surface area contributed by atoms with E-state index < -0.39 is 22.6 Å². The zero-order valence-corrected chi connectivity index (χ0v) is 17.1. The topological polar surface area (TPSA) is 110 Å². The minimum absolute atomic E-state index is 0.0422. The number of nitro benzene ring substituents is 1. The van der Waals surface area contributed by atoms with E-state index in [9.17, 15) is 24.5 Å². The summed E-state index contributed by atoms with van der Waals surface area (Å²) in [5.41, 5.74) is 1.78. The van der Waals surface area contributed by atoms with Crippen LogP contribution >= 0.6 is 11.6 Å². The van der Waals surface area contributed by atoms with Crippen molar-refractivity contribution in [1.82, 2.24) is 0 Å². The smallest absolute Gasteiger partial charge is 0.269 e. The maximum absolute atomic E-state index is 12.6. The quantitative estimate of drug-likeness (QED) is 0.264. The predicted molar refractivity (Wildman–Crippen MR) is 120 cm³/mol. The summed E-state index contributed by atoms with van der Waals surface area (Å²) in [6, 6.07) is 16.7. The van der Waals surface area contributed by atoms with Crippen molar-refractivity contribution >= 4 is 52.5 Å². The maximum Gasteiger partial charge on any atom is 0.269 e. The molecule has 1 N–H and O–H groups in total. The van der Waals surface area contributed by atoms with Crippen molar-refractivity contribution in [3.8, 4) is 0 Å². The highest BCUT2D eigenvalue weighted by molar-refractivity contribution is 6.40. The largest absolute Gasteiger partial charge is 0.322 e. The fourth-order valence-electron chi connectivity index (χ4n) is 3.24. The summed E-state index contributed by atoms with van der Waals surface area (Å²) in [6.45, 7) is 0. The minimum atomic E-state index is -0.504. The van der Waals surface area contributed by atoms with Crippen LogP contribution in [0.15, 0.2) is 72.8 Å². The molecular formula is C23H14ClN3O5. The number of imide groups is 1. The Morgan fingerprint density at radius 2 is 1.59 bits per heavy atom. The number of benzene rings is 3. The van der Waals surface area contributed by atoms with Crippen molar-refractivity contribution in [2.75, 3.05) is 10.2 Å². The Kier molecular flexibility index (Phi) is 5.53. The molecule has 4 rings (SSSR count). The Morgan fingerprint density at radius 3 is 2.16 bits per heavy atom. The van der Waals surface area contributed by atoms with Crippen LogP contribution in [0.25, 0.3) is 6.08 Å². The van der Waals surface area contributed by atoms with Gasteiger partial charge in [0.1, 0.15) is 0 Å². The third-order valence-electron chi connectivity index (χ3n) is 4.78. The average molecular weight is 448 g/mol. The van der Waals surface area contributed by atoms with Crippen LogP contribution in [-0.2, 0) is 4.79 Å². The molecule has 0 saturated carbocycles. The summed E-state index contributed by atoms with van der Waals surface area (Å²) >= 11 is 6.31. The highest BCUT2D eigenvalue weighted by Crippen LogP contribution is 2.34. The number of nitro groups is 1. The van der Waals surface area contributed by atoms with Crippen LogP contribution in [0.1, 0.15) is 26.3 Å². The van der Waals surface area contributed by atoms with Crippen LogP contribution in [-0.4, -0.2) is 22.6 Å². The number of hydrogen-bond acceptors (Lipinski definition) is 5. The molecule has 1 aliphatic heterocycles. The first-order valence-corrected chi connectivity index (χ1v) is 9.74. The first-order chi connectivity index (χ1) is 15.3. The molecule has 3 amide bonds. The first-order valence-electron chi connectivity index (χ1n) is 9.36. The molecule has 32 heavy (non-hydrogen) atoms. The number of fused-ring (bicyclic) bond motifs is 1. The normalized spacial score (nSPS) is 12.8. The summed E-state index contributed by atoms with van der Waals surface area (Å²) in [7, 11) is 0. The Bertz CT molecular complexity index is 1270. The van der Waals surface area contributed by atoms with Gasteiger partial charge in [-0.1, -0.05) is 23.7 Å². The number of nitrogens with zero attached hydrogens (tertiary/aromatic N) is 2. The van der Waals surface area contributed by atoms with Gasteiger partial charge in [0, 0.05) is 23.9 Å². The third-order valence-corrected chi connectivity index (χ3v) is 5.08. The zero-order valence-electron chi connectivity index (χ0n) is 16.3. The SMILES string of the molecule is O=C(C=Cc1ccc([N+](=O)[O-])cc1)Nc1ccc(N2C(=O)c3ccccc3C2=O)c(Cl)c1. The number of rotatable bonds is 5. The number of anilines is 2. The van der Waals surface area contributed by atoms with E-state index in [1.165, 1.54) is 54.6 Å². The minimum Gasteiger partial charge on any atom is -0.322 e. The van der Waals surface area contributed by atoms with E-state index in [2.05, 4.69) is 5.32 Å². The van der Waals surface area contributed by atoms with Crippen LogP contribution in [0.5, 0.6) is 0 Å². The van der Waals surface area contributed by atoms with Crippen molar-refractivity contribution in [3.63, 3.8) is 0 Å². The molecule has 158 valence electrons. The van der Waals surface area contributed by atoms with Crippen molar-refractivity contribution < 1.29 is 19.3 Å². The van der Waals surface area contributed by atoms with Crippen LogP contribution in [0.4, 0.5) is 17.1 Å². The molecule has 0 aliphatic carbocycles. The molecule has 0 spiro atoms. The summed E-state index contributed by atoms with van der Waals surface area (Å²) in [6.07, 6.45) is 2.78. The van der Waals surface area contributed by atoms with Crippen LogP contribution in [0.2, 0.25) is 5.02 Å². The molecule has 0 saturated heterocycles. The van der Waals surface area contributed by atoms with E-state index in [4.69, 9.17) is 11.6 Å². The van der Waals surface area contributed by atoms with Crippen LogP contribution < -0.4 is 10.2 Å². The molecule has 3 aromatic rings. The monoisotopic (exact) mass is 447 g/mol. The van der Waals surface area contributed by atoms with Crippen LogP contribution in [0.3, 0.4) is 0 Å². The molecule has 3 aromatic carbocycles. The lowest BCUT2D eigenvalue weighted by Gasteiger charge is -2.16. The molecule has 0 aromatic heterocycles. The number of non-ortho nitro benzene ring substituents is 1. The number of amides is 3. The van der Waals surface area contributed by atoms with Crippen LogP contribution in [0, 0.1) is 10.1 Å². The van der Waals surface area contributed by atoms with Gasteiger partial charge in [-0.05, 0) is 54.1 Å². The molecular weight excluding hydrogens is 434 g/mol. The molecule has 1 aliphatic rings. The maximum atomic E-state index is 12.6. The number of carbonyl (C=O) groups is 3. The Hall–Kier alpha value is -4.30. The number of hydrogen-bond donors (Lipinski definition) is 1. The second kappa shape index (κ2) is 8.44. The van der Waals surface area contributed by atoms with Gasteiger partial charge in [0.25, 0.3) is 17.5 Å². The fraction of sp³-hybridized carbons (Fsp3) is 0. The van der Waals surface area contributed by atoms with E-state index in [0.29, 0.717) is 22.4 Å².